The molecule has 1 aliphatic rings. The van der Waals surface area contributed by atoms with Crippen LogP contribution in [0.15, 0.2) is 36.4 Å². The van der Waals surface area contributed by atoms with Crippen molar-refractivity contribution in [2.45, 2.75) is 20.8 Å². The third kappa shape index (κ3) is 2.07. The summed E-state index contributed by atoms with van der Waals surface area (Å²) in [5, 5.41) is 10.1. The van der Waals surface area contributed by atoms with Crippen molar-refractivity contribution in [1.82, 2.24) is 0 Å². The maximum atomic E-state index is 10.1. The van der Waals surface area contributed by atoms with Crippen LogP contribution in [0.3, 0.4) is 0 Å². The maximum Gasteiger partial charge on any atom is 0.127 e. The van der Waals surface area contributed by atoms with Gasteiger partial charge in [-0.1, -0.05) is 23.3 Å². The molecule has 0 unspecified atom stereocenters. The summed E-state index contributed by atoms with van der Waals surface area (Å²) in [5.41, 5.74) is 6.57. The first kappa shape index (κ1) is 12.8. The Morgan fingerprint density at radius 3 is 2.30 bits per heavy atom. The van der Waals surface area contributed by atoms with E-state index < -0.39 is 0 Å². The largest absolute Gasteiger partial charge is 0.507 e. The van der Waals surface area contributed by atoms with Crippen molar-refractivity contribution in [2.24, 2.45) is 0 Å². The van der Waals surface area contributed by atoms with Crippen molar-refractivity contribution in [3.63, 3.8) is 0 Å². The average Bonchev–Trinajstić information content (AvgIpc) is 2.43. The molecule has 20 heavy (non-hydrogen) atoms. The third-order valence-corrected chi connectivity index (χ3v) is 3.84. The monoisotopic (exact) mass is 266 g/mol. The van der Waals surface area contributed by atoms with E-state index in [0.29, 0.717) is 12.4 Å². The molecule has 0 aromatic heterocycles. The molecule has 0 radical (unpaired) electrons. The van der Waals surface area contributed by atoms with Gasteiger partial charge in [0.1, 0.15) is 18.1 Å². The number of fused-ring (bicyclic) bond motifs is 1. The lowest BCUT2D eigenvalue weighted by molar-refractivity contribution is 0.363. The van der Waals surface area contributed by atoms with E-state index in [1.807, 2.05) is 25.1 Å². The van der Waals surface area contributed by atoms with Gasteiger partial charge in [-0.05, 0) is 50.6 Å². The number of benzene rings is 2. The molecule has 1 heterocycles. The Bertz CT molecular complexity index is 711. The first-order valence-electron chi connectivity index (χ1n) is 6.80. The van der Waals surface area contributed by atoms with Crippen LogP contribution in [0.2, 0.25) is 0 Å². The number of rotatable bonds is 1. The van der Waals surface area contributed by atoms with Crippen molar-refractivity contribution in [1.29, 1.82) is 0 Å². The molecule has 0 bridgehead atoms. The van der Waals surface area contributed by atoms with Gasteiger partial charge in [-0.2, -0.15) is 0 Å². The van der Waals surface area contributed by atoms with Crippen LogP contribution >= 0.6 is 0 Å². The van der Waals surface area contributed by atoms with Crippen molar-refractivity contribution in [3.05, 3.63) is 58.7 Å². The number of allylic oxidation sites excluding steroid dienone is 1. The van der Waals surface area contributed by atoms with Crippen LogP contribution in [-0.2, 0) is 0 Å². The van der Waals surface area contributed by atoms with Gasteiger partial charge in [0.15, 0.2) is 0 Å². The molecule has 0 saturated heterocycles. The Morgan fingerprint density at radius 1 is 0.900 bits per heavy atom. The minimum atomic E-state index is 0.310. The molecule has 102 valence electrons. The molecule has 2 heteroatoms. The van der Waals surface area contributed by atoms with E-state index in [1.165, 1.54) is 11.1 Å². The molecule has 0 aliphatic carbocycles. The highest BCUT2D eigenvalue weighted by Gasteiger charge is 2.20. The molecular weight excluding hydrogens is 248 g/mol. The smallest absolute Gasteiger partial charge is 0.127 e. The second-order valence-electron chi connectivity index (χ2n) is 5.41. The summed E-state index contributed by atoms with van der Waals surface area (Å²) >= 11 is 0. The lowest BCUT2D eigenvalue weighted by Crippen LogP contribution is -2.10. The number of hydrogen-bond acceptors (Lipinski definition) is 2. The molecule has 1 aliphatic heterocycles. The number of phenolic OH excluding ortho intramolecular Hbond substituents is 1. The Labute approximate surface area is 119 Å². The first-order chi connectivity index (χ1) is 9.56. The lowest BCUT2D eigenvalue weighted by Gasteiger charge is -2.23. The second-order valence-corrected chi connectivity index (χ2v) is 5.41. The van der Waals surface area contributed by atoms with Crippen molar-refractivity contribution < 1.29 is 9.84 Å². The van der Waals surface area contributed by atoms with Crippen LogP contribution in [0.1, 0.15) is 29.2 Å². The standard InChI is InChI=1S/C18H18O2/c1-11-4-6-17(19)15(9-11)16-10-20-18-7-5-12(2)8-14(18)13(16)3/h4-9,19H,10H2,1-3H3. The van der Waals surface area contributed by atoms with E-state index in [2.05, 4.69) is 26.0 Å². The molecule has 2 aromatic carbocycles. The Morgan fingerprint density at radius 2 is 1.55 bits per heavy atom. The van der Waals surface area contributed by atoms with Crippen molar-refractivity contribution in [3.8, 4) is 11.5 Å². The van der Waals surface area contributed by atoms with Gasteiger partial charge in [0, 0.05) is 16.7 Å². The highest BCUT2D eigenvalue weighted by molar-refractivity contribution is 5.95. The van der Waals surface area contributed by atoms with Gasteiger partial charge < -0.3 is 9.84 Å². The van der Waals surface area contributed by atoms with Gasteiger partial charge in [-0.3, -0.25) is 0 Å². The number of hydrogen-bond donors (Lipinski definition) is 1. The number of ether oxygens (including phenoxy) is 1. The highest BCUT2D eigenvalue weighted by Crippen LogP contribution is 2.39. The summed E-state index contributed by atoms with van der Waals surface area (Å²) in [7, 11) is 0. The fourth-order valence-corrected chi connectivity index (χ4v) is 2.65. The van der Waals surface area contributed by atoms with Crippen molar-refractivity contribution in [2.75, 3.05) is 6.61 Å². The first-order valence-corrected chi connectivity index (χ1v) is 6.80. The summed E-state index contributed by atoms with van der Waals surface area (Å²) in [5.74, 6) is 1.23. The molecule has 0 amide bonds. The van der Waals surface area contributed by atoms with Crippen LogP contribution < -0.4 is 4.74 Å². The van der Waals surface area contributed by atoms with E-state index in [1.54, 1.807) is 6.07 Å². The van der Waals surface area contributed by atoms with E-state index >= 15 is 0 Å². The van der Waals surface area contributed by atoms with Crippen LogP contribution in [0.25, 0.3) is 11.1 Å². The van der Waals surface area contributed by atoms with E-state index in [0.717, 1.165) is 28.0 Å². The summed E-state index contributed by atoms with van der Waals surface area (Å²) < 4.78 is 5.84. The van der Waals surface area contributed by atoms with Gasteiger partial charge in [-0.15, -0.1) is 0 Å². The predicted molar refractivity (Wildman–Crippen MR) is 82.0 cm³/mol. The zero-order valence-corrected chi connectivity index (χ0v) is 12.0. The summed E-state index contributed by atoms with van der Waals surface area (Å²) in [4.78, 5) is 0. The van der Waals surface area contributed by atoms with Crippen LogP contribution in [0.4, 0.5) is 0 Å². The Kier molecular flexibility index (Phi) is 3.01. The Balaban J connectivity index is 2.19. The quantitative estimate of drug-likeness (QED) is 0.832. The summed E-state index contributed by atoms with van der Waals surface area (Å²) in [6.45, 7) is 6.70. The fraction of sp³-hybridized carbons (Fsp3) is 0.222. The van der Waals surface area contributed by atoms with Gasteiger partial charge in [0.2, 0.25) is 0 Å². The van der Waals surface area contributed by atoms with Gasteiger partial charge in [0.05, 0.1) is 0 Å². The van der Waals surface area contributed by atoms with E-state index in [9.17, 15) is 5.11 Å². The molecule has 0 spiro atoms. The number of phenols is 1. The molecule has 0 fully saturated rings. The summed E-state index contributed by atoms with van der Waals surface area (Å²) in [6, 6.07) is 11.9. The molecule has 0 atom stereocenters. The zero-order valence-electron chi connectivity index (χ0n) is 12.0. The van der Waals surface area contributed by atoms with Gasteiger partial charge in [0.25, 0.3) is 0 Å². The van der Waals surface area contributed by atoms with Crippen LogP contribution in [0.5, 0.6) is 11.5 Å². The van der Waals surface area contributed by atoms with Crippen molar-refractivity contribution >= 4 is 11.1 Å². The molecular formula is C18H18O2. The minimum Gasteiger partial charge on any atom is -0.507 e. The van der Waals surface area contributed by atoms with Gasteiger partial charge in [-0.25, -0.2) is 0 Å². The third-order valence-electron chi connectivity index (χ3n) is 3.84. The van der Waals surface area contributed by atoms with E-state index in [-0.39, 0.29) is 0 Å². The van der Waals surface area contributed by atoms with E-state index in [4.69, 9.17) is 4.74 Å². The predicted octanol–water partition coefficient (Wildman–Crippen LogP) is 4.33. The molecule has 2 nitrogen and oxygen atoms in total. The maximum absolute atomic E-state index is 10.1. The Hall–Kier alpha value is -2.22. The molecule has 0 saturated carbocycles. The van der Waals surface area contributed by atoms with Gasteiger partial charge >= 0.3 is 0 Å². The average molecular weight is 266 g/mol. The molecule has 2 aromatic rings. The van der Waals surface area contributed by atoms with Crippen LogP contribution in [-0.4, -0.2) is 11.7 Å². The minimum absolute atomic E-state index is 0.310. The SMILES string of the molecule is CC1=C(c2cc(C)ccc2O)COc2ccc(C)cc21. The number of aryl methyl sites for hydroxylation is 2. The number of aromatic hydroxyl groups is 1. The van der Waals surface area contributed by atoms with Crippen LogP contribution in [0, 0.1) is 13.8 Å². The second kappa shape index (κ2) is 4.71. The summed E-state index contributed by atoms with van der Waals surface area (Å²) in [6.07, 6.45) is 0. The topological polar surface area (TPSA) is 29.5 Å². The fourth-order valence-electron chi connectivity index (χ4n) is 2.65. The zero-order chi connectivity index (χ0) is 14.3. The molecule has 1 N–H and O–H groups in total. The normalized spacial score (nSPS) is 13.9. The lowest BCUT2D eigenvalue weighted by atomic mass is 9.92. The highest BCUT2D eigenvalue weighted by atomic mass is 16.5. The molecule has 3 rings (SSSR count).